The van der Waals surface area contributed by atoms with E-state index in [-0.39, 0.29) is 30.0 Å². The van der Waals surface area contributed by atoms with Gasteiger partial charge in [-0.1, -0.05) is 31.3 Å². The van der Waals surface area contributed by atoms with E-state index in [0.717, 1.165) is 36.1 Å². The number of nitrogens with zero attached hydrogens (tertiary/aromatic N) is 4. The maximum atomic E-state index is 14.2. The number of rotatable bonds is 6. The molecule has 8 nitrogen and oxygen atoms in total. The first-order valence-electron chi connectivity index (χ1n) is 11.2. The quantitative estimate of drug-likeness (QED) is 0.593. The minimum atomic E-state index is -0.585. The van der Waals surface area contributed by atoms with Crippen LogP contribution in [0.2, 0.25) is 0 Å². The van der Waals surface area contributed by atoms with E-state index in [4.69, 9.17) is 0 Å². The predicted octanol–water partition coefficient (Wildman–Crippen LogP) is 3.35. The molecule has 3 heterocycles. The predicted molar refractivity (Wildman–Crippen MR) is 129 cm³/mol. The van der Waals surface area contributed by atoms with E-state index in [1.807, 2.05) is 6.92 Å². The van der Waals surface area contributed by atoms with E-state index < -0.39 is 17.4 Å². The van der Waals surface area contributed by atoms with Crippen LogP contribution < -0.4 is 21.5 Å². The Balaban J connectivity index is 1.73. The number of fused-ring (bicyclic) bond motifs is 1. The molecular weight excluding hydrogens is 445 g/mol. The molecule has 33 heavy (non-hydrogen) atoms. The average molecular weight is 474 g/mol. The second-order valence-corrected chi connectivity index (χ2v) is 9.65. The number of anilines is 2. The molecule has 0 unspecified atom stereocenters. The minimum Gasteiger partial charge on any atom is -0.348 e. The number of amides is 1. The fourth-order valence-corrected chi connectivity index (χ4v) is 5.09. The Morgan fingerprint density at radius 2 is 1.97 bits per heavy atom. The number of hydrogen-bond acceptors (Lipinski definition) is 6. The number of benzene rings is 1. The Morgan fingerprint density at radius 1 is 1.24 bits per heavy atom. The molecule has 10 heteroatoms. The van der Waals surface area contributed by atoms with Crippen LogP contribution in [0, 0.1) is 18.7 Å². The second-order valence-electron chi connectivity index (χ2n) is 8.68. The molecule has 0 aliphatic carbocycles. The van der Waals surface area contributed by atoms with Crippen molar-refractivity contribution in [2.24, 2.45) is 5.92 Å². The molecule has 176 valence electrons. The van der Waals surface area contributed by atoms with E-state index in [1.165, 1.54) is 28.0 Å². The zero-order chi connectivity index (χ0) is 23.7. The first-order valence-corrected chi connectivity index (χ1v) is 12.0. The summed E-state index contributed by atoms with van der Waals surface area (Å²) in [6.45, 7) is 7.39. The summed E-state index contributed by atoms with van der Waals surface area (Å²) in [4.78, 5) is 45.7. The summed E-state index contributed by atoms with van der Waals surface area (Å²) in [5.74, 6) is -0.474. The van der Waals surface area contributed by atoms with Crippen LogP contribution in [0.1, 0.15) is 38.7 Å². The van der Waals surface area contributed by atoms with Gasteiger partial charge in [-0.25, -0.2) is 14.2 Å². The Labute approximate surface area is 194 Å². The Hall–Kier alpha value is -3.01. The van der Waals surface area contributed by atoms with Crippen LogP contribution in [0.3, 0.4) is 0 Å². The lowest BCUT2D eigenvalue weighted by atomic mass is 10.00. The van der Waals surface area contributed by atoms with Gasteiger partial charge in [0.25, 0.3) is 5.56 Å². The highest BCUT2D eigenvalue weighted by atomic mass is 32.1. The molecule has 1 fully saturated rings. The summed E-state index contributed by atoms with van der Waals surface area (Å²) < 4.78 is 16.9. The first kappa shape index (κ1) is 23.2. The average Bonchev–Trinajstić information content (AvgIpc) is 3.22. The van der Waals surface area contributed by atoms with Crippen molar-refractivity contribution in [3.8, 4) is 0 Å². The molecule has 0 saturated carbocycles. The van der Waals surface area contributed by atoms with Gasteiger partial charge in [-0.2, -0.15) is 0 Å². The number of carbonyl (C=O) groups excluding carboxylic acids is 1. The summed E-state index contributed by atoms with van der Waals surface area (Å²) in [5.41, 5.74) is 0.0102. The van der Waals surface area contributed by atoms with Crippen LogP contribution in [0.25, 0.3) is 10.3 Å². The number of thiazole rings is 1. The Morgan fingerprint density at radius 3 is 2.64 bits per heavy atom. The Bertz CT molecular complexity index is 1300. The van der Waals surface area contributed by atoms with Crippen LogP contribution >= 0.6 is 11.3 Å². The van der Waals surface area contributed by atoms with Crippen molar-refractivity contribution in [1.29, 1.82) is 0 Å². The van der Waals surface area contributed by atoms with Crippen LogP contribution in [-0.4, -0.2) is 33.1 Å². The van der Waals surface area contributed by atoms with Gasteiger partial charge in [-0.15, -0.1) is 0 Å². The van der Waals surface area contributed by atoms with Gasteiger partial charge < -0.3 is 10.2 Å². The topological polar surface area (TPSA) is 89.2 Å². The number of aryl methyl sites for hydroxylation is 1. The SMILES string of the molecule is CCCn1c(=O)c2sc(N3CCC(C)CC3)nc2n(CC(=O)Nc2ccc(C)cc2F)c1=O. The van der Waals surface area contributed by atoms with E-state index in [0.29, 0.717) is 22.2 Å². The summed E-state index contributed by atoms with van der Waals surface area (Å²) in [5, 5.41) is 3.20. The third-order valence-corrected chi connectivity index (χ3v) is 7.05. The fourth-order valence-electron chi connectivity index (χ4n) is 4.02. The number of nitrogens with one attached hydrogen (secondary N) is 1. The molecule has 0 radical (unpaired) electrons. The highest BCUT2D eigenvalue weighted by Crippen LogP contribution is 2.29. The third kappa shape index (κ3) is 4.71. The number of hydrogen-bond donors (Lipinski definition) is 1. The van der Waals surface area contributed by atoms with Crippen molar-refractivity contribution in [2.45, 2.75) is 53.1 Å². The van der Waals surface area contributed by atoms with Crippen molar-refractivity contribution in [3.63, 3.8) is 0 Å². The van der Waals surface area contributed by atoms with Crippen LogP contribution in [0.5, 0.6) is 0 Å². The van der Waals surface area contributed by atoms with Gasteiger partial charge in [0, 0.05) is 19.6 Å². The first-order chi connectivity index (χ1) is 15.8. The molecule has 0 bridgehead atoms. The molecule has 1 aliphatic heterocycles. The molecule has 0 spiro atoms. The zero-order valence-corrected chi connectivity index (χ0v) is 19.9. The lowest BCUT2D eigenvalue weighted by Crippen LogP contribution is -2.41. The van der Waals surface area contributed by atoms with Gasteiger partial charge in [0.05, 0.1) is 5.69 Å². The number of aromatic nitrogens is 3. The molecule has 1 aliphatic rings. The normalized spacial score (nSPS) is 14.7. The molecule has 1 saturated heterocycles. The van der Waals surface area contributed by atoms with Crippen LogP contribution in [-0.2, 0) is 17.9 Å². The van der Waals surface area contributed by atoms with E-state index in [2.05, 4.69) is 22.1 Å². The second kappa shape index (κ2) is 9.46. The van der Waals surface area contributed by atoms with Gasteiger partial charge in [-0.05, 0) is 49.8 Å². The van der Waals surface area contributed by atoms with Crippen molar-refractivity contribution in [2.75, 3.05) is 23.3 Å². The summed E-state index contributed by atoms with van der Waals surface area (Å²) in [6.07, 6.45) is 2.66. The van der Waals surface area contributed by atoms with Crippen LogP contribution in [0.15, 0.2) is 27.8 Å². The lowest BCUT2D eigenvalue weighted by molar-refractivity contribution is -0.116. The lowest BCUT2D eigenvalue weighted by Gasteiger charge is -2.29. The molecule has 3 aromatic rings. The standard InChI is InChI=1S/C23H28FN5O3S/c1-4-9-28-21(31)19-20(26-22(33-19)27-10-7-14(2)8-11-27)29(23(28)32)13-18(30)25-17-6-5-15(3)12-16(17)24/h5-6,12,14H,4,7-11,13H2,1-3H3,(H,25,30). The number of halogens is 1. The van der Waals surface area contributed by atoms with Gasteiger partial charge in [0.1, 0.15) is 17.1 Å². The zero-order valence-electron chi connectivity index (χ0n) is 19.1. The Kier molecular flexibility index (Phi) is 6.64. The third-order valence-electron chi connectivity index (χ3n) is 5.96. The smallest absolute Gasteiger partial charge is 0.333 e. The maximum Gasteiger partial charge on any atom is 0.333 e. The van der Waals surface area contributed by atoms with Gasteiger partial charge in [0.2, 0.25) is 5.91 Å². The molecule has 0 atom stereocenters. The van der Waals surface area contributed by atoms with Crippen molar-refractivity contribution in [1.82, 2.24) is 14.1 Å². The molecule has 1 N–H and O–H groups in total. The van der Waals surface area contributed by atoms with Gasteiger partial charge in [0.15, 0.2) is 10.8 Å². The van der Waals surface area contributed by atoms with Crippen LogP contribution in [0.4, 0.5) is 15.2 Å². The fraction of sp³-hybridized carbons (Fsp3) is 0.478. The monoisotopic (exact) mass is 473 g/mol. The molecule has 2 aromatic heterocycles. The number of carbonyl (C=O) groups is 1. The largest absolute Gasteiger partial charge is 0.348 e. The molecular formula is C23H28FN5O3S. The van der Waals surface area contributed by atoms with Crippen molar-refractivity contribution < 1.29 is 9.18 Å². The minimum absolute atomic E-state index is 0.0400. The van der Waals surface area contributed by atoms with E-state index >= 15 is 0 Å². The highest BCUT2D eigenvalue weighted by molar-refractivity contribution is 7.22. The molecule has 1 aromatic carbocycles. The van der Waals surface area contributed by atoms with Gasteiger partial charge >= 0.3 is 5.69 Å². The highest BCUT2D eigenvalue weighted by Gasteiger charge is 2.24. The van der Waals surface area contributed by atoms with Crippen molar-refractivity contribution >= 4 is 38.4 Å². The number of piperidine rings is 1. The molecule has 1 amide bonds. The summed E-state index contributed by atoms with van der Waals surface area (Å²) in [6, 6.07) is 4.50. The molecule has 4 rings (SSSR count). The van der Waals surface area contributed by atoms with Crippen molar-refractivity contribution in [3.05, 3.63) is 50.4 Å². The summed E-state index contributed by atoms with van der Waals surface area (Å²) in [7, 11) is 0. The van der Waals surface area contributed by atoms with E-state index in [9.17, 15) is 18.8 Å². The maximum absolute atomic E-state index is 14.2. The van der Waals surface area contributed by atoms with Gasteiger partial charge in [-0.3, -0.25) is 18.7 Å². The summed E-state index contributed by atoms with van der Waals surface area (Å²) >= 11 is 1.26. The van der Waals surface area contributed by atoms with E-state index in [1.54, 1.807) is 13.0 Å².